The standard InChI is InChI=1S/C17H13N.C2H7N/c1-2-6-14(7-3-1)10-11-15-12-13-18-17-9-5-4-8-16(15)17;1-3-2/h1-13H;3H,1-2H3. The minimum Gasteiger partial charge on any atom is -0.323 e. The van der Waals surface area contributed by atoms with Gasteiger partial charge in [-0.3, -0.25) is 4.98 Å². The number of benzene rings is 2. The first-order valence-electron chi connectivity index (χ1n) is 7.00. The van der Waals surface area contributed by atoms with E-state index in [2.05, 4.69) is 40.7 Å². The van der Waals surface area contributed by atoms with Crippen molar-refractivity contribution < 1.29 is 0 Å². The molecule has 0 aliphatic carbocycles. The van der Waals surface area contributed by atoms with E-state index in [1.54, 1.807) is 0 Å². The highest BCUT2D eigenvalue weighted by Crippen LogP contribution is 2.18. The van der Waals surface area contributed by atoms with Crippen molar-refractivity contribution in [2.24, 2.45) is 0 Å². The third-order valence-electron chi connectivity index (χ3n) is 2.94. The van der Waals surface area contributed by atoms with E-state index >= 15 is 0 Å². The van der Waals surface area contributed by atoms with Crippen LogP contribution in [0.2, 0.25) is 0 Å². The van der Waals surface area contributed by atoms with Crippen LogP contribution in [0.5, 0.6) is 0 Å². The minimum absolute atomic E-state index is 1.03. The lowest BCUT2D eigenvalue weighted by Gasteiger charge is -2.00. The third-order valence-corrected chi connectivity index (χ3v) is 2.94. The Morgan fingerprint density at radius 3 is 2.24 bits per heavy atom. The van der Waals surface area contributed by atoms with Gasteiger partial charge in [0.25, 0.3) is 0 Å². The molecule has 106 valence electrons. The fourth-order valence-corrected chi connectivity index (χ4v) is 2.01. The summed E-state index contributed by atoms with van der Waals surface area (Å²) in [6.07, 6.45) is 6.12. The van der Waals surface area contributed by atoms with E-state index in [4.69, 9.17) is 0 Å². The van der Waals surface area contributed by atoms with Crippen LogP contribution in [-0.4, -0.2) is 19.1 Å². The van der Waals surface area contributed by atoms with Crippen LogP contribution in [0.25, 0.3) is 23.1 Å². The van der Waals surface area contributed by atoms with E-state index in [1.807, 2.05) is 62.8 Å². The second-order valence-corrected chi connectivity index (χ2v) is 4.66. The molecule has 2 aromatic carbocycles. The summed E-state index contributed by atoms with van der Waals surface area (Å²) >= 11 is 0. The average molecular weight is 276 g/mol. The van der Waals surface area contributed by atoms with Gasteiger partial charge >= 0.3 is 0 Å². The Hall–Kier alpha value is -2.45. The van der Waals surface area contributed by atoms with E-state index in [-0.39, 0.29) is 0 Å². The largest absolute Gasteiger partial charge is 0.323 e. The first-order chi connectivity index (χ1) is 10.3. The van der Waals surface area contributed by atoms with Crippen molar-refractivity contribution in [3.05, 3.63) is 78.0 Å². The molecule has 1 aromatic heterocycles. The van der Waals surface area contributed by atoms with Crippen LogP contribution >= 0.6 is 0 Å². The maximum atomic E-state index is 4.36. The number of fused-ring (bicyclic) bond motifs is 1. The Bertz CT molecular complexity index is 698. The van der Waals surface area contributed by atoms with Gasteiger partial charge in [0, 0.05) is 11.6 Å². The molecule has 0 aliphatic rings. The van der Waals surface area contributed by atoms with Crippen molar-refractivity contribution >= 4 is 23.1 Å². The molecule has 0 saturated carbocycles. The van der Waals surface area contributed by atoms with Crippen molar-refractivity contribution in [3.63, 3.8) is 0 Å². The second-order valence-electron chi connectivity index (χ2n) is 4.66. The lowest BCUT2D eigenvalue weighted by atomic mass is 10.1. The van der Waals surface area contributed by atoms with Crippen LogP contribution in [0, 0.1) is 0 Å². The Balaban J connectivity index is 0.000000497. The zero-order valence-corrected chi connectivity index (χ0v) is 12.5. The highest BCUT2D eigenvalue weighted by Gasteiger charge is 1.97. The van der Waals surface area contributed by atoms with Gasteiger partial charge in [-0.05, 0) is 37.4 Å². The summed E-state index contributed by atoms with van der Waals surface area (Å²) in [6.45, 7) is 0. The fourth-order valence-electron chi connectivity index (χ4n) is 2.01. The quantitative estimate of drug-likeness (QED) is 0.757. The summed E-state index contributed by atoms with van der Waals surface area (Å²) in [7, 11) is 3.75. The van der Waals surface area contributed by atoms with E-state index in [1.165, 1.54) is 16.5 Å². The van der Waals surface area contributed by atoms with Gasteiger partial charge < -0.3 is 5.32 Å². The average Bonchev–Trinajstić information content (AvgIpc) is 2.54. The summed E-state index contributed by atoms with van der Waals surface area (Å²) in [5.74, 6) is 0. The molecule has 2 heteroatoms. The Kier molecular flexibility index (Phi) is 5.68. The Morgan fingerprint density at radius 1 is 0.810 bits per heavy atom. The van der Waals surface area contributed by atoms with Gasteiger partial charge in [-0.2, -0.15) is 0 Å². The maximum Gasteiger partial charge on any atom is 0.0707 e. The van der Waals surface area contributed by atoms with Gasteiger partial charge in [-0.1, -0.05) is 60.7 Å². The molecule has 1 heterocycles. The molecular weight excluding hydrogens is 256 g/mol. The van der Waals surface area contributed by atoms with E-state index in [0.717, 1.165) is 5.52 Å². The smallest absolute Gasteiger partial charge is 0.0707 e. The number of para-hydroxylation sites is 1. The number of rotatable bonds is 2. The Morgan fingerprint density at radius 2 is 1.48 bits per heavy atom. The number of pyridine rings is 1. The van der Waals surface area contributed by atoms with Crippen LogP contribution < -0.4 is 5.32 Å². The van der Waals surface area contributed by atoms with Crippen LogP contribution in [0.1, 0.15) is 11.1 Å². The first-order valence-corrected chi connectivity index (χ1v) is 7.00. The van der Waals surface area contributed by atoms with Crippen molar-refractivity contribution in [2.75, 3.05) is 14.1 Å². The molecule has 0 atom stereocenters. The second kappa shape index (κ2) is 7.98. The number of nitrogens with one attached hydrogen (secondary N) is 1. The van der Waals surface area contributed by atoms with E-state index < -0.39 is 0 Å². The topological polar surface area (TPSA) is 24.9 Å². The van der Waals surface area contributed by atoms with Gasteiger partial charge in [0.15, 0.2) is 0 Å². The van der Waals surface area contributed by atoms with Crippen molar-refractivity contribution in [3.8, 4) is 0 Å². The SMILES string of the molecule is C(=Cc1ccnc2ccccc12)c1ccccc1.CNC. The summed E-state index contributed by atoms with van der Waals surface area (Å²) in [5.41, 5.74) is 3.44. The number of hydrogen-bond acceptors (Lipinski definition) is 2. The van der Waals surface area contributed by atoms with Crippen molar-refractivity contribution in [2.45, 2.75) is 0 Å². The third kappa shape index (κ3) is 4.26. The van der Waals surface area contributed by atoms with Crippen LogP contribution in [0.4, 0.5) is 0 Å². The fraction of sp³-hybridized carbons (Fsp3) is 0.105. The Labute approximate surface area is 126 Å². The molecule has 0 amide bonds. The summed E-state index contributed by atoms with van der Waals surface area (Å²) in [6, 6.07) is 20.6. The minimum atomic E-state index is 1.03. The molecule has 0 radical (unpaired) electrons. The predicted molar refractivity (Wildman–Crippen MR) is 92.1 cm³/mol. The zero-order chi connectivity index (χ0) is 14.9. The number of aromatic nitrogens is 1. The molecule has 0 fully saturated rings. The molecular formula is C19H20N2. The summed E-state index contributed by atoms with van der Waals surface area (Å²) < 4.78 is 0. The first kappa shape index (κ1) is 14.9. The molecule has 1 N–H and O–H groups in total. The molecule has 0 saturated heterocycles. The maximum absolute atomic E-state index is 4.36. The van der Waals surface area contributed by atoms with Crippen molar-refractivity contribution in [1.29, 1.82) is 0 Å². The van der Waals surface area contributed by atoms with E-state index in [0.29, 0.717) is 0 Å². The molecule has 0 bridgehead atoms. The normalized spacial score (nSPS) is 10.4. The molecule has 0 aliphatic heterocycles. The van der Waals surface area contributed by atoms with Gasteiger partial charge in [-0.15, -0.1) is 0 Å². The summed E-state index contributed by atoms with van der Waals surface area (Å²) in [5, 5.41) is 3.94. The van der Waals surface area contributed by atoms with Gasteiger partial charge in [-0.25, -0.2) is 0 Å². The highest BCUT2D eigenvalue weighted by molar-refractivity contribution is 5.90. The number of hydrogen-bond donors (Lipinski definition) is 1. The van der Waals surface area contributed by atoms with Crippen molar-refractivity contribution in [1.82, 2.24) is 10.3 Å². The van der Waals surface area contributed by atoms with Gasteiger partial charge in [0.2, 0.25) is 0 Å². The van der Waals surface area contributed by atoms with Crippen LogP contribution in [0.3, 0.4) is 0 Å². The molecule has 0 unspecified atom stereocenters. The monoisotopic (exact) mass is 276 g/mol. The molecule has 3 aromatic rings. The van der Waals surface area contributed by atoms with Crippen LogP contribution in [-0.2, 0) is 0 Å². The molecule has 21 heavy (non-hydrogen) atoms. The predicted octanol–water partition coefficient (Wildman–Crippen LogP) is 4.24. The number of nitrogens with zero attached hydrogens (tertiary/aromatic N) is 1. The lowest BCUT2D eigenvalue weighted by molar-refractivity contribution is 1.02. The molecule has 2 nitrogen and oxygen atoms in total. The molecule has 3 rings (SSSR count). The highest BCUT2D eigenvalue weighted by atomic mass is 14.7. The van der Waals surface area contributed by atoms with Crippen LogP contribution in [0.15, 0.2) is 66.9 Å². The summed E-state index contributed by atoms with van der Waals surface area (Å²) in [4.78, 5) is 4.36. The molecule has 0 spiro atoms. The van der Waals surface area contributed by atoms with Gasteiger partial charge in [0.05, 0.1) is 5.52 Å². The lowest BCUT2D eigenvalue weighted by Crippen LogP contribution is -1.89. The van der Waals surface area contributed by atoms with Gasteiger partial charge in [0.1, 0.15) is 0 Å². The van der Waals surface area contributed by atoms with E-state index in [9.17, 15) is 0 Å². The zero-order valence-electron chi connectivity index (χ0n) is 12.5.